The van der Waals surface area contributed by atoms with E-state index in [4.69, 9.17) is 0 Å². The highest BCUT2D eigenvalue weighted by Crippen LogP contribution is 2.22. The molecule has 32 heavy (non-hydrogen) atoms. The summed E-state index contributed by atoms with van der Waals surface area (Å²) in [6.45, 7) is 13.7. The van der Waals surface area contributed by atoms with Crippen LogP contribution in [0.25, 0.3) is 0 Å². The number of hydrogen-bond acceptors (Lipinski definition) is 4. The first kappa shape index (κ1) is 24.7. The fraction of sp³-hybridized carbons (Fsp3) is 0.692. The Bertz CT molecular complexity index is 710. The summed E-state index contributed by atoms with van der Waals surface area (Å²) in [6.07, 6.45) is 4.58. The summed E-state index contributed by atoms with van der Waals surface area (Å²) in [5.74, 6) is 0.389. The van der Waals surface area contributed by atoms with Crippen LogP contribution in [0.2, 0.25) is 0 Å². The van der Waals surface area contributed by atoms with Crippen molar-refractivity contribution in [1.82, 2.24) is 19.6 Å². The van der Waals surface area contributed by atoms with E-state index in [0.717, 1.165) is 51.3 Å². The van der Waals surface area contributed by atoms with E-state index in [1.807, 2.05) is 40.1 Å². The van der Waals surface area contributed by atoms with Gasteiger partial charge in [-0.3, -0.25) is 19.4 Å². The van der Waals surface area contributed by atoms with Gasteiger partial charge in [-0.1, -0.05) is 57.0 Å². The third-order valence-corrected chi connectivity index (χ3v) is 7.22. The van der Waals surface area contributed by atoms with E-state index in [-0.39, 0.29) is 17.7 Å². The molecule has 2 saturated heterocycles. The summed E-state index contributed by atoms with van der Waals surface area (Å²) in [7, 11) is 0. The zero-order valence-corrected chi connectivity index (χ0v) is 20.3. The minimum Gasteiger partial charge on any atom is -0.340 e. The Labute approximate surface area is 194 Å². The number of hydrogen-bond donors (Lipinski definition) is 0. The monoisotopic (exact) mass is 442 g/mol. The summed E-state index contributed by atoms with van der Waals surface area (Å²) in [5, 5.41) is 0. The van der Waals surface area contributed by atoms with Crippen molar-refractivity contribution in [1.29, 1.82) is 0 Å². The second kappa shape index (κ2) is 12.4. The minimum absolute atomic E-state index is 0.0691. The summed E-state index contributed by atoms with van der Waals surface area (Å²) in [4.78, 5) is 34.7. The van der Waals surface area contributed by atoms with Crippen molar-refractivity contribution >= 4 is 11.8 Å². The lowest BCUT2D eigenvalue weighted by molar-refractivity contribution is -0.137. The smallest absolute Gasteiger partial charge is 0.236 e. The van der Waals surface area contributed by atoms with Crippen LogP contribution in [0.15, 0.2) is 30.3 Å². The molecular formula is C26H42N4O2. The molecule has 0 N–H and O–H groups in total. The van der Waals surface area contributed by atoms with E-state index in [1.165, 1.54) is 19.3 Å². The van der Waals surface area contributed by atoms with E-state index in [0.29, 0.717) is 25.7 Å². The van der Waals surface area contributed by atoms with Gasteiger partial charge in [0.05, 0.1) is 12.5 Å². The molecule has 0 aromatic heterocycles. The maximum Gasteiger partial charge on any atom is 0.236 e. The number of unbranched alkanes of at least 4 members (excludes halogenated alkanes) is 1. The van der Waals surface area contributed by atoms with Crippen molar-refractivity contribution in [2.75, 3.05) is 58.9 Å². The average molecular weight is 443 g/mol. The van der Waals surface area contributed by atoms with Gasteiger partial charge >= 0.3 is 0 Å². The predicted octanol–water partition coefficient (Wildman–Crippen LogP) is 3.05. The predicted molar refractivity (Wildman–Crippen MR) is 130 cm³/mol. The number of amides is 2. The van der Waals surface area contributed by atoms with Gasteiger partial charge in [0.25, 0.3) is 0 Å². The summed E-state index contributed by atoms with van der Waals surface area (Å²) < 4.78 is 0. The van der Waals surface area contributed by atoms with Gasteiger partial charge in [0.2, 0.25) is 11.8 Å². The molecule has 2 aliphatic rings. The topological polar surface area (TPSA) is 47.1 Å². The van der Waals surface area contributed by atoms with Crippen LogP contribution in [-0.4, -0.2) is 96.4 Å². The number of nitrogens with zero attached hydrogens (tertiary/aromatic N) is 4. The molecule has 2 atom stereocenters. The van der Waals surface area contributed by atoms with Crippen molar-refractivity contribution in [2.45, 2.75) is 58.4 Å². The second-order valence-electron chi connectivity index (χ2n) is 9.38. The molecule has 1 aromatic carbocycles. The zero-order chi connectivity index (χ0) is 22.9. The zero-order valence-electron chi connectivity index (χ0n) is 20.3. The molecule has 2 fully saturated rings. The van der Waals surface area contributed by atoms with Crippen LogP contribution >= 0.6 is 0 Å². The highest BCUT2D eigenvalue weighted by molar-refractivity contribution is 5.84. The van der Waals surface area contributed by atoms with Crippen molar-refractivity contribution in [3.63, 3.8) is 0 Å². The maximum atomic E-state index is 13.1. The first-order valence-electron chi connectivity index (χ1n) is 12.6. The van der Waals surface area contributed by atoms with Gasteiger partial charge in [0, 0.05) is 58.4 Å². The second-order valence-corrected chi connectivity index (χ2v) is 9.38. The summed E-state index contributed by atoms with van der Waals surface area (Å²) in [5.41, 5.74) is 1.10. The van der Waals surface area contributed by atoms with Crippen LogP contribution in [0, 0.1) is 0 Å². The molecule has 0 saturated carbocycles. The molecule has 2 aliphatic heterocycles. The molecule has 2 amide bonds. The SMILES string of the molecule is CCCCC(C)N1CCN(C(=O)CN2CCN(C(=O)C(CC)c3ccccc3)CC2)CC1. The standard InChI is InChI=1S/C26H42N4O2/c1-4-6-10-22(3)28-17-19-29(20-18-28)25(31)21-27-13-15-30(16-14-27)26(32)24(5-2)23-11-8-7-9-12-23/h7-9,11-12,22,24H,4-6,10,13-21H2,1-3H3. The molecule has 0 spiro atoms. The van der Waals surface area contributed by atoms with E-state index in [1.54, 1.807) is 0 Å². The fourth-order valence-electron chi connectivity index (χ4n) is 4.97. The Morgan fingerprint density at radius 3 is 2.09 bits per heavy atom. The normalized spacial score (nSPS) is 20.2. The van der Waals surface area contributed by atoms with Gasteiger partial charge in [-0.15, -0.1) is 0 Å². The van der Waals surface area contributed by atoms with Gasteiger partial charge in [-0.05, 0) is 25.3 Å². The Hall–Kier alpha value is -1.92. The average Bonchev–Trinajstić information content (AvgIpc) is 2.84. The van der Waals surface area contributed by atoms with Crippen LogP contribution in [-0.2, 0) is 9.59 Å². The lowest BCUT2D eigenvalue weighted by Gasteiger charge is -2.40. The van der Waals surface area contributed by atoms with E-state index in [2.05, 4.69) is 30.6 Å². The Morgan fingerprint density at radius 2 is 1.50 bits per heavy atom. The van der Waals surface area contributed by atoms with Crippen LogP contribution in [0.3, 0.4) is 0 Å². The van der Waals surface area contributed by atoms with Gasteiger partial charge in [0.1, 0.15) is 0 Å². The van der Waals surface area contributed by atoms with Crippen LogP contribution < -0.4 is 0 Å². The number of carbonyl (C=O) groups excluding carboxylic acids is 2. The molecular weight excluding hydrogens is 400 g/mol. The van der Waals surface area contributed by atoms with Gasteiger partial charge in [-0.2, -0.15) is 0 Å². The van der Waals surface area contributed by atoms with E-state index < -0.39 is 0 Å². The van der Waals surface area contributed by atoms with E-state index >= 15 is 0 Å². The van der Waals surface area contributed by atoms with E-state index in [9.17, 15) is 9.59 Å². The van der Waals surface area contributed by atoms with Crippen molar-refractivity contribution in [3.8, 4) is 0 Å². The number of benzene rings is 1. The molecule has 6 nitrogen and oxygen atoms in total. The van der Waals surface area contributed by atoms with Gasteiger partial charge < -0.3 is 9.80 Å². The van der Waals surface area contributed by atoms with Crippen LogP contribution in [0.5, 0.6) is 0 Å². The van der Waals surface area contributed by atoms with Gasteiger partial charge in [-0.25, -0.2) is 0 Å². The molecule has 2 unspecified atom stereocenters. The molecule has 0 bridgehead atoms. The molecule has 6 heteroatoms. The number of piperazine rings is 2. The summed E-state index contributed by atoms with van der Waals surface area (Å²) in [6, 6.07) is 10.7. The Balaban J connectivity index is 1.41. The van der Waals surface area contributed by atoms with Crippen LogP contribution in [0.4, 0.5) is 0 Å². The van der Waals surface area contributed by atoms with Crippen molar-refractivity contribution in [2.24, 2.45) is 0 Å². The van der Waals surface area contributed by atoms with Crippen molar-refractivity contribution < 1.29 is 9.59 Å². The quantitative estimate of drug-likeness (QED) is 0.590. The highest BCUT2D eigenvalue weighted by Gasteiger charge is 2.29. The molecule has 0 aliphatic carbocycles. The maximum absolute atomic E-state index is 13.1. The fourth-order valence-corrected chi connectivity index (χ4v) is 4.97. The van der Waals surface area contributed by atoms with Gasteiger partial charge in [0.15, 0.2) is 0 Å². The third-order valence-electron chi connectivity index (χ3n) is 7.22. The molecule has 2 heterocycles. The number of rotatable bonds is 9. The molecule has 178 valence electrons. The first-order valence-corrected chi connectivity index (χ1v) is 12.6. The third kappa shape index (κ3) is 6.55. The van der Waals surface area contributed by atoms with Crippen LogP contribution in [0.1, 0.15) is 57.9 Å². The number of carbonyl (C=O) groups is 2. The lowest BCUT2D eigenvalue weighted by atomic mass is 9.95. The molecule has 1 aromatic rings. The highest BCUT2D eigenvalue weighted by atomic mass is 16.2. The Morgan fingerprint density at radius 1 is 0.875 bits per heavy atom. The Kier molecular flexibility index (Phi) is 9.54. The lowest BCUT2D eigenvalue weighted by Crippen LogP contribution is -2.55. The molecule has 3 rings (SSSR count). The van der Waals surface area contributed by atoms with Crippen molar-refractivity contribution in [3.05, 3.63) is 35.9 Å². The minimum atomic E-state index is -0.0691. The molecule has 0 radical (unpaired) electrons. The first-order chi connectivity index (χ1) is 15.5. The summed E-state index contributed by atoms with van der Waals surface area (Å²) >= 11 is 0. The largest absolute Gasteiger partial charge is 0.340 e.